The van der Waals surface area contributed by atoms with Gasteiger partial charge < -0.3 is 15.5 Å². The van der Waals surface area contributed by atoms with Crippen molar-refractivity contribution < 1.29 is 9.59 Å². The summed E-state index contributed by atoms with van der Waals surface area (Å²) in [6.07, 6.45) is 3.51. The molecule has 0 aromatic heterocycles. The largest absolute Gasteiger partial charge is 0.358 e. The van der Waals surface area contributed by atoms with Gasteiger partial charge in [-0.25, -0.2) is 0 Å². The van der Waals surface area contributed by atoms with Crippen LogP contribution in [0.3, 0.4) is 0 Å². The summed E-state index contributed by atoms with van der Waals surface area (Å²) in [5, 5.41) is 5.87. The number of benzene rings is 1. The van der Waals surface area contributed by atoms with Gasteiger partial charge in [0.25, 0.3) is 0 Å². The van der Waals surface area contributed by atoms with Crippen LogP contribution in [0.1, 0.15) is 50.8 Å². The second-order valence-electron chi connectivity index (χ2n) is 6.87. The van der Waals surface area contributed by atoms with Crippen molar-refractivity contribution in [2.24, 2.45) is 5.92 Å². The molecule has 1 aromatic carbocycles. The lowest BCUT2D eigenvalue weighted by molar-refractivity contribution is -0.134. The lowest BCUT2D eigenvalue weighted by Crippen LogP contribution is -2.42. The number of aryl methyl sites for hydroxylation is 1. The molecular formula is C20H33N3O2. The Morgan fingerprint density at radius 3 is 2.32 bits per heavy atom. The Kier molecular flexibility index (Phi) is 9.21. The highest BCUT2D eigenvalue weighted by Gasteiger charge is 2.18. The predicted molar refractivity (Wildman–Crippen MR) is 102 cm³/mol. The molecule has 0 fully saturated rings. The summed E-state index contributed by atoms with van der Waals surface area (Å²) in [5.41, 5.74) is 2.55. The van der Waals surface area contributed by atoms with Gasteiger partial charge in [-0.3, -0.25) is 9.59 Å². The maximum atomic E-state index is 12.2. The minimum atomic E-state index is -0.168. The van der Waals surface area contributed by atoms with E-state index in [1.165, 1.54) is 28.9 Å². The third kappa shape index (κ3) is 7.26. The van der Waals surface area contributed by atoms with Crippen molar-refractivity contribution in [3.05, 3.63) is 35.4 Å². The van der Waals surface area contributed by atoms with Gasteiger partial charge >= 0.3 is 0 Å². The van der Waals surface area contributed by atoms with Gasteiger partial charge in [0.2, 0.25) is 11.8 Å². The summed E-state index contributed by atoms with van der Waals surface area (Å²) in [7, 11) is 3.21. The van der Waals surface area contributed by atoms with Crippen molar-refractivity contribution >= 4 is 11.8 Å². The Hall–Kier alpha value is -1.88. The van der Waals surface area contributed by atoms with E-state index in [1.807, 2.05) is 0 Å². The summed E-state index contributed by atoms with van der Waals surface area (Å²) >= 11 is 0. The van der Waals surface area contributed by atoms with Crippen LogP contribution >= 0.6 is 0 Å². The number of carbonyl (C=O) groups is 2. The van der Waals surface area contributed by atoms with E-state index in [0.29, 0.717) is 5.92 Å². The second-order valence-corrected chi connectivity index (χ2v) is 6.87. The Morgan fingerprint density at radius 2 is 1.80 bits per heavy atom. The van der Waals surface area contributed by atoms with Crippen molar-refractivity contribution in [1.82, 2.24) is 15.5 Å². The quantitative estimate of drug-likeness (QED) is 0.684. The summed E-state index contributed by atoms with van der Waals surface area (Å²) < 4.78 is 0. The van der Waals surface area contributed by atoms with E-state index < -0.39 is 0 Å². The molecule has 2 amide bonds. The highest BCUT2D eigenvalue weighted by Crippen LogP contribution is 2.22. The number of hydrogen-bond acceptors (Lipinski definition) is 3. The Labute approximate surface area is 152 Å². The molecule has 0 aliphatic carbocycles. The van der Waals surface area contributed by atoms with Gasteiger partial charge in [0.05, 0.1) is 13.1 Å². The number of likely N-dealkylation sites (N-methyl/N-ethyl adjacent to an activating group) is 2. The predicted octanol–water partition coefficient (Wildman–Crippen LogP) is 2.52. The molecule has 0 saturated heterocycles. The topological polar surface area (TPSA) is 61.4 Å². The van der Waals surface area contributed by atoms with Gasteiger partial charge in [-0.05, 0) is 29.9 Å². The molecule has 0 aliphatic heterocycles. The van der Waals surface area contributed by atoms with Gasteiger partial charge in [0, 0.05) is 20.1 Å². The maximum Gasteiger partial charge on any atom is 0.239 e. The first-order chi connectivity index (χ1) is 11.9. The molecule has 1 atom stereocenters. The molecule has 0 bridgehead atoms. The van der Waals surface area contributed by atoms with Crippen molar-refractivity contribution in [2.75, 3.05) is 27.2 Å². The van der Waals surface area contributed by atoms with Gasteiger partial charge in [-0.1, -0.05) is 51.5 Å². The van der Waals surface area contributed by atoms with Gasteiger partial charge in [-0.2, -0.15) is 0 Å². The van der Waals surface area contributed by atoms with Crippen molar-refractivity contribution in [2.45, 2.75) is 46.1 Å². The fourth-order valence-electron chi connectivity index (χ4n) is 2.73. The number of rotatable bonds is 10. The highest BCUT2D eigenvalue weighted by atomic mass is 16.2. The summed E-state index contributed by atoms with van der Waals surface area (Å²) in [5.74, 6) is 0.103. The molecule has 1 rings (SSSR count). The molecular weight excluding hydrogens is 314 g/mol. The number of hydrogen-bond donors (Lipinski definition) is 2. The zero-order valence-corrected chi connectivity index (χ0v) is 16.3. The zero-order chi connectivity index (χ0) is 18.8. The van der Waals surface area contributed by atoms with Gasteiger partial charge in [0.1, 0.15) is 0 Å². The monoisotopic (exact) mass is 347 g/mol. The first kappa shape index (κ1) is 21.2. The Morgan fingerprint density at radius 1 is 1.16 bits per heavy atom. The van der Waals surface area contributed by atoms with E-state index >= 15 is 0 Å². The van der Waals surface area contributed by atoms with Crippen LogP contribution in [0.4, 0.5) is 0 Å². The Balaban J connectivity index is 2.65. The molecule has 1 aromatic rings. The van der Waals surface area contributed by atoms with Crippen LogP contribution in [0.5, 0.6) is 0 Å². The molecule has 2 N–H and O–H groups in total. The SMILES string of the molecule is CCCCc1ccc([C@@H](NCC(=O)N(C)CC(=O)NC)C(C)C)cc1. The third-order valence-electron chi connectivity index (χ3n) is 4.38. The minimum absolute atomic E-state index is 0.0789. The smallest absolute Gasteiger partial charge is 0.239 e. The molecule has 0 heterocycles. The Bertz CT molecular complexity index is 540. The van der Waals surface area contributed by atoms with Crippen LogP contribution < -0.4 is 10.6 Å². The molecule has 5 heteroatoms. The molecule has 0 spiro atoms. The van der Waals surface area contributed by atoms with Crippen LogP contribution in [-0.2, 0) is 16.0 Å². The number of unbranched alkanes of at least 4 members (excludes halogenated alkanes) is 1. The van der Waals surface area contributed by atoms with Crippen LogP contribution in [-0.4, -0.2) is 43.9 Å². The standard InChI is InChI=1S/C20H33N3O2/c1-6-7-8-16-9-11-17(12-10-16)20(15(2)3)22-13-19(25)23(5)14-18(24)21-4/h9-12,15,20,22H,6-8,13-14H2,1-5H3,(H,21,24)/t20-/m0/s1. The lowest BCUT2D eigenvalue weighted by atomic mass is 9.94. The first-order valence-corrected chi connectivity index (χ1v) is 9.15. The fraction of sp³-hybridized carbons (Fsp3) is 0.600. The van der Waals surface area contributed by atoms with Gasteiger partial charge in [0.15, 0.2) is 0 Å². The molecule has 140 valence electrons. The van der Waals surface area contributed by atoms with Crippen LogP contribution in [0.25, 0.3) is 0 Å². The van der Waals surface area contributed by atoms with E-state index in [1.54, 1.807) is 14.1 Å². The summed E-state index contributed by atoms with van der Waals surface area (Å²) in [4.78, 5) is 25.0. The molecule has 0 aliphatic rings. The van der Waals surface area contributed by atoms with Crippen LogP contribution in [0.2, 0.25) is 0 Å². The normalized spacial score (nSPS) is 12.1. The van der Waals surface area contributed by atoms with Crippen molar-refractivity contribution in [3.63, 3.8) is 0 Å². The van der Waals surface area contributed by atoms with Crippen LogP contribution in [0, 0.1) is 5.92 Å². The van der Waals surface area contributed by atoms with Gasteiger partial charge in [-0.15, -0.1) is 0 Å². The van der Waals surface area contributed by atoms with Crippen molar-refractivity contribution in [3.8, 4) is 0 Å². The number of nitrogens with one attached hydrogen (secondary N) is 2. The zero-order valence-electron chi connectivity index (χ0n) is 16.3. The fourth-order valence-corrected chi connectivity index (χ4v) is 2.73. The van der Waals surface area contributed by atoms with E-state index in [-0.39, 0.29) is 30.9 Å². The number of nitrogens with zero attached hydrogens (tertiary/aromatic N) is 1. The molecule has 25 heavy (non-hydrogen) atoms. The molecule has 0 unspecified atom stereocenters. The van der Waals surface area contributed by atoms with E-state index in [9.17, 15) is 9.59 Å². The molecule has 0 saturated carbocycles. The lowest BCUT2D eigenvalue weighted by Gasteiger charge is -2.24. The number of carbonyl (C=O) groups excluding carboxylic acids is 2. The maximum absolute atomic E-state index is 12.2. The van der Waals surface area contributed by atoms with Crippen LogP contribution in [0.15, 0.2) is 24.3 Å². The third-order valence-corrected chi connectivity index (χ3v) is 4.38. The van der Waals surface area contributed by atoms with Crippen molar-refractivity contribution in [1.29, 1.82) is 0 Å². The molecule has 0 radical (unpaired) electrons. The number of amides is 2. The summed E-state index contributed by atoms with van der Waals surface area (Å²) in [6.45, 7) is 6.78. The summed E-state index contributed by atoms with van der Waals surface area (Å²) in [6, 6.07) is 8.78. The van der Waals surface area contributed by atoms with E-state index in [2.05, 4.69) is 55.7 Å². The van der Waals surface area contributed by atoms with E-state index in [4.69, 9.17) is 0 Å². The average Bonchev–Trinajstić information content (AvgIpc) is 2.60. The molecule has 5 nitrogen and oxygen atoms in total. The second kappa shape index (κ2) is 10.9. The highest BCUT2D eigenvalue weighted by molar-refractivity contribution is 5.85. The first-order valence-electron chi connectivity index (χ1n) is 9.15. The average molecular weight is 348 g/mol. The van der Waals surface area contributed by atoms with E-state index in [0.717, 1.165) is 6.42 Å². The minimum Gasteiger partial charge on any atom is -0.358 e.